The van der Waals surface area contributed by atoms with Crippen LogP contribution in [0.15, 0.2) is 61.1 Å². The zero-order valence-corrected chi connectivity index (χ0v) is 12.6. The van der Waals surface area contributed by atoms with Crippen LogP contribution in [0.1, 0.15) is 26.3 Å². The van der Waals surface area contributed by atoms with Gasteiger partial charge in [0.1, 0.15) is 5.75 Å². The van der Waals surface area contributed by atoms with E-state index >= 15 is 0 Å². The molecule has 0 unspecified atom stereocenters. The molecule has 1 aromatic carbocycles. The quantitative estimate of drug-likeness (QED) is 0.707. The van der Waals surface area contributed by atoms with Crippen LogP contribution in [0, 0.1) is 0 Å². The fourth-order valence-corrected chi connectivity index (χ4v) is 2.90. The molecular formula is C16H22OSi. The van der Waals surface area contributed by atoms with Crippen LogP contribution in [-0.4, -0.2) is 8.32 Å². The van der Waals surface area contributed by atoms with E-state index < -0.39 is 8.32 Å². The van der Waals surface area contributed by atoms with Crippen molar-refractivity contribution in [3.05, 3.63) is 66.7 Å². The van der Waals surface area contributed by atoms with Crippen molar-refractivity contribution in [3.63, 3.8) is 0 Å². The summed E-state index contributed by atoms with van der Waals surface area (Å²) in [4.78, 5) is 0. The van der Waals surface area contributed by atoms with Crippen molar-refractivity contribution in [1.82, 2.24) is 0 Å². The lowest BCUT2D eigenvalue weighted by atomic mass is 9.87. The molecule has 1 nitrogen and oxygen atoms in total. The third-order valence-electron chi connectivity index (χ3n) is 2.97. The molecule has 0 fully saturated rings. The summed E-state index contributed by atoms with van der Waals surface area (Å²) in [7, 11) is -2.23. The largest absolute Gasteiger partial charge is 0.532 e. The molecule has 0 spiro atoms. The van der Waals surface area contributed by atoms with Gasteiger partial charge >= 0.3 is 8.32 Å². The number of benzene rings is 1. The van der Waals surface area contributed by atoms with Crippen LogP contribution in [0.2, 0.25) is 0 Å². The van der Waals surface area contributed by atoms with Crippen LogP contribution in [0.4, 0.5) is 0 Å². The first-order chi connectivity index (χ1) is 8.37. The Morgan fingerprint density at radius 2 is 1.39 bits per heavy atom. The van der Waals surface area contributed by atoms with Gasteiger partial charge in [0.2, 0.25) is 0 Å². The Bertz CT molecular complexity index is 415. The Hall–Kier alpha value is -1.54. The molecule has 0 N–H and O–H groups in total. The van der Waals surface area contributed by atoms with Crippen molar-refractivity contribution in [2.45, 2.75) is 26.2 Å². The van der Waals surface area contributed by atoms with Crippen LogP contribution >= 0.6 is 0 Å². The maximum atomic E-state index is 6.00. The lowest BCUT2D eigenvalue weighted by Crippen LogP contribution is -2.35. The van der Waals surface area contributed by atoms with Crippen molar-refractivity contribution in [3.8, 4) is 5.75 Å². The molecule has 0 saturated carbocycles. The molecule has 1 rings (SSSR count). The SMILES string of the molecule is C=C[Si](C=C)(C=C)Oc1ccc(C(C)(C)C)cc1. The molecule has 2 heteroatoms. The summed E-state index contributed by atoms with van der Waals surface area (Å²) >= 11 is 0. The van der Waals surface area contributed by atoms with Crippen LogP contribution in [0.5, 0.6) is 5.75 Å². The number of hydrogen-bond donors (Lipinski definition) is 0. The van der Waals surface area contributed by atoms with E-state index in [1.54, 1.807) is 0 Å². The summed E-state index contributed by atoms with van der Waals surface area (Å²) in [6, 6.07) is 8.20. The molecule has 0 radical (unpaired) electrons. The van der Waals surface area contributed by atoms with Crippen LogP contribution in [0.3, 0.4) is 0 Å². The second-order valence-electron chi connectivity index (χ2n) is 5.34. The lowest BCUT2D eigenvalue weighted by molar-refractivity contribution is 0.566. The van der Waals surface area contributed by atoms with Gasteiger partial charge < -0.3 is 4.43 Å². The topological polar surface area (TPSA) is 9.23 Å². The van der Waals surface area contributed by atoms with Gasteiger partial charge in [-0.1, -0.05) is 50.0 Å². The third-order valence-corrected chi connectivity index (χ3v) is 5.48. The molecule has 0 atom stereocenters. The van der Waals surface area contributed by atoms with Gasteiger partial charge in [-0.25, -0.2) is 0 Å². The molecule has 0 aliphatic heterocycles. The molecule has 18 heavy (non-hydrogen) atoms. The molecule has 0 aliphatic rings. The third kappa shape index (κ3) is 3.23. The molecule has 0 bridgehead atoms. The van der Waals surface area contributed by atoms with Crippen LogP contribution < -0.4 is 4.43 Å². The van der Waals surface area contributed by atoms with Crippen molar-refractivity contribution < 1.29 is 4.43 Å². The Kier molecular flexibility index (Phi) is 4.36. The highest BCUT2D eigenvalue weighted by Crippen LogP contribution is 2.25. The predicted molar refractivity (Wildman–Crippen MR) is 82.1 cm³/mol. The predicted octanol–water partition coefficient (Wildman–Crippen LogP) is 4.48. The van der Waals surface area contributed by atoms with Crippen molar-refractivity contribution in [2.75, 3.05) is 0 Å². The molecule has 0 amide bonds. The van der Waals surface area contributed by atoms with Gasteiger partial charge in [0.15, 0.2) is 0 Å². The normalized spacial score (nSPS) is 11.7. The fraction of sp³-hybridized carbons (Fsp3) is 0.250. The van der Waals surface area contributed by atoms with E-state index in [1.807, 2.05) is 29.2 Å². The highest BCUT2D eigenvalue weighted by Gasteiger charge is 2.25. The number of hydrogen-bond acceptors (Lipinski definition) is 1. The molecule has 0 aromatic heterocycles. The van der Waals surface area contributed by atoms with E-state index in [-0.39, 0.29) is 5.41 Å². The second-order valence-corrected chi connectivity index (χ2v) is 8.48. The average Bonchev–Trinajstić information content (AvgIpc) is 2.36. The summed E-state index contributed by atoms with van der Waals surface area (Å²) in [5.74, 6) is 0.842. The van der Waals surface area contributed by atoms with Gasteiger partial charge in [-0.3, -0.25) is 0 Å². The first kappa shape index (κ1) is 14.5. The standard InChI is InChI=1S/C16H22OSi/c1-7-18(8-2,9-3)17-15-12-10-14(11-13-15)16(4,5)6/h7-13H,1-3H2,4-6H3. The Balaban J connectivity index is 2.96. The Labute approximate surface area is 112 Å². The Morgan fingerprint density at radius 1 is 0.944 bits per heavy atom. The van der Waals surface area contributed by atoms with Crippen LogP contribution in [0.25, 0.3) is 0 Å². The molecule has 0 aliphatic carbocycles. The van der Waals surface area contributed by atoms with Crippen molar-refractivity contribution in [2.24, 2.45) is 0 Å². The van der Waals surface area contributed by atoms with Crippen molar-refractivity contribution >= 4 is 8.32 Å². The minimum atomic E-state index is -2.23. The number of rotatable bonds is 5. The zero-order chi connectivity index (χ0) is 13.8. The van der Waals surface area contributed by atoms with Crippen LogP contribution in [-0.2, 0) is 5.41 Å². The molecule has 1 aromatic rings. The second kappa shape index (κ2) is 5.40. The van der Waals surface area contributed by atoms with Gasteiger partial charge in [-0.05, 0) is 23.1 Å². The summed E-state index contributed by atoms with van der Waals surface area (Å²) in [5, 5.41) is 0. The van der Waals surface area contributed by atoms with Gasteiger partial charge in [0.05, 0.1) is 0 Å². The maximum absolute atomic E-state index is 6.00. The highest BCUT2D eigenvalue weighted by atomic mass is 28.4. The van der Waals surface area contributed by atoms with E-state index in [0.29, 0.717) is 0 Å². The fourth-order valence-electron chi connectivity index (χ4n) is 1.60. The molecule has 0 saturated heterocycles. The minimum Gasteiger partial charge on any atom is -0.532 e. The maximum Gasteiger partial charge on any atom is 0.323 e. The van der Waals surface area contributed by atoms with Gasteiger partial charge in [0.25, 0.3) is 0 Å². The van der Waals surface area contributed by atoms with E-state index in [2.05, 4.69) is 52.6 Å². The van der Waals surface area contributed by atoms with Gasteiger partial charge in [-0.2, -0.15) is 0 Å². The zero-order valence-electron chi connectivity index (χ0n) is 11.6. The monoisotopic (exact) mass is 258 g/mol. The average molecular weight is 258 g/mol. The smallest absolute Gasteiger partial charge is 0.323 e. The first-order valence-electron chi connectivity index (χ1n) is 6.07. The van der Waals surface area contributed by atoms with Gasteiger partial charge in [0, 0.05) is 0 Å². The first-order valence-corrected chi connectivity index (χ1v) is 8.21. The summed E-state index contributed by atoms with van der Waals surface area (Å²) < 4.78 is 6.00. The van der Waals surface area contributed by atoms with Crippen molar-refractivity contribution in [1.29, 1.82) is 0 Å². The van der Waals surface area contributed by atoms with Gasteiger partial charge in [-0.15, -0.1) is 19.7 Å². The van der Waals surface area contributed by atoms with E-state index in [0.717, 1.165) is 5.75 Å². The molecule has 96 valence electrons. The molecular weight excluding hydrogens is 236 g/mol. The molecule has 0 heterocycles. The Morgan fingerprint density at radius 3 is 1.72 bits per heavy atom. The lowest BCUT2D eigenvalue weighted by Gasteiger charge is -2.23. The van der Waals surface area contributed by atoms with E-state index in [1.165, 1.54) is 5.56 Å². The highest BCUT2D eigenvalue weighted by molar-refractivity contribution is 6.88. The summed E-state index contributed by atoms with van der Waals surface area (Å²) in [6.45, 7) is 18.0. The van der Waals surface area contributed by atoms with E-state index in [4.69, 9.17) is 4.43 Å². The van der Waals surface area contributed by atoms with E-state index in [9.17, 15) is 0 Å². The minimum absolute atomic E-state index is 0.155. The summed E-state index contributed by atoms with van der Waals surface area (Å²) in [5.41, 5.74) is 6.92. The summed E-state index contributed by atoms with van der Waals surface area (Å²) in [6.07, 6.45) is 0.